The Morgan fingerprint density at radius 3 is 2.52 bits per heavy atom. The van der Waals surface area contributed by atoms with E-state index in [2.05, 4.69) is 0 Å². The fourth-order valence-electron chi connectivity index (χ4n) is 1.93. The second-order valence-electron chi connectivity index (χ2n) is 4.76. The SMILES string of the molecule is COc1ccc(/C=C/C=C/C(=O)c2c(O)cc(C)oc2=O)cc1. The van der Waals surface area contributed by atoms with Crippen molar-refractivity contribution < 1.29 is 19.1 Å². The molecule has 0 aliphatic rings. The summed E-state index contributed by atoms with van der Waals surface area (Å²) in [4.78, 5) is 23.5. The number of allylic oxidation sites excluding steroid dienone is 3. The normalized spacial score (nSPS) is 11.2. The van der Waals surface area contributed by atoms with Gasteiger partial charge in [-0.2, -0.15) is 0 Å². The second-order valence-corrected chi connectivity index (χ2v) is 4.76. The molecule has 0 amide bonds. The van der Waals surface area contributed by atoms with Crippen molar-refractivity contribution in [3.05, 3.63) is 75.9 Å². The van der Waals surface area contributed by atoms with Gasteiger partial charge in [-0.15, -0.1) is 0 Å². The Morgan fingerprint density at radius 1 is 1.22 bits per heavy atom. The number of carbonyl (C=O) groups is 1. The average molecular weight is 312 g/mol. The minimum absolute atomic E-state index is 0.243. The Bertz CT molecular complexity index is 810. The summed E-state index contributed by atoms with van der Waals surface area (Å²) in [5.74, 6) is 0.00466. The molecule has 0 bridgehead atoms. The number of methoxy groups -OCH3 is 1. The second kappa shape index (κ2) is 7.26. The zero-order valence-electron chi connectivity index (χ0n) is 12.8. The van der Waals surface area contributed by atoms with Crippen LogP contribution >= 0.6 is 0 Å². The molecule has 1 aromatic heterocycles. The Balaban J connectivity index is 2.09. The summed E-state index contributed by atoms with van der Waals surface area (Å²) < 4.78 is 9.87. The third kappa shape index (κ3) is 4.20. The molecule has 23 heavy (non-hydrogen) atoms. The molecule has 0 atom stereocenters. The molecule has 5 nitrogen and oxygen atoms in total. The molecule has 0 aliphatic carbocycles. The third-order valence-corrected chi connectivity index (χ3v) is 3.06. The minimum Gasteiger partial charge on any atom is -0.507 e. The number of aromatic hydroxyl groups is 1. The number of hydrogen-bond donors (Lipinski definition) is 1. The Hall–Kier alpha value is -3.08. The van der Waals surface area contributed by atoms with E-state index in [9.17, 15) is 14.7 Å². The fraction of sp³-hybridized carbons (Fsp3) is 0.111. The van der Waals surface area contributed by atoms with Crippen LogP contribution in [0.3, 0.4) is 0 Å². The van der Waals surface area contributed by atoms with Gasteiger partial charge in [-0.3, -0.25) is 4.79 Å². The van der Waals surface area contributed by atoms with Gasteiger partial charge in [0.1, 0.15) is 22.8 Å². The van der Waals surface area contributed by atoms with Crippen LogP contribution in [-0.4, -0.2) is 18.0 Å². The van der Waals surface area contributed by atoms with Crippen molar-refractivity contribution >= 4 is 11.9 Å². The van der Waals surface area contributed by atoms with Gasteiger partial charge in [0.2, 0.25) is 0 Å². The van der Waals surface area contributed by atoms with Crippen LogP contribution in [0.15, 0.2) is 57.8 Å². The molecule has 0 aliphatic heterocycles. The summed E-state index contributed by atoms with van der Waals surface area (Å²) >= 11 is 0. The summed E-state index contributed by atoms with van der Waals surface area (Å²) in [6.07, 6.45) is 6.14. The van der Waals surface area contributed by atoms with Gasteiger partial charge in [-0.1, -0.05) is 30.4 Å². The monoisotopic (exact) mass is 312 g/mol. The molecule has 1 heterocycles. The van der Waals surface area contributed by atoms with E-state index in [1.54, 1.807) is 19.3 Å². The van der Waals surface area contributed by atoms with Crippen LogP contribution in [-0.2, 0) is 0 Å². The number of carbonyl (C=O) groups excluding carboxylic acids is 1. The van der Waals surface area contributed by atoms with Gasteiger partial charge in [0.05, 0.1) is 7.11 Å². The maximum absolute atomic E-state index is 11.9. The predicted molar refractivity (Wildman–Crippen MR) is 86.9 cm³/mol. The van der Waals surface area contributed by atoms with Crippen LogP contribution < -0.4 is 10.4 Å². The average Bonchev–Trinajstić information content (AvgIpc) is 2.51. The van der Waals surface area contributed by atoms with Gasteiger partial charge in [-0.25, -0.2) is 4.79 Å². The first-order chi connectivity index (χ1) is 11.0. The van der Waals surface area contributed by atoms with Crippen molar-refractivity contribution in [2.75, 3.05) is 7.11 Å². The number of ketones is 1. The van der Waals surface area contributed by atoms with Crippen LogP contribution in [0.25, 0.3) is 6.08 Å². The lowest BCUT2D eigenvalue weighted by Gasteiger charge is -1.99. The quantitative estimate of drug-likeness (QED) is 0.521. The Morgan fingerprint density at radius 2 is 1.91 bits per heavy atom. The van der Waals surface area contributed by atoms with Gasteiger partial charge < -0.3 is 14.3 Å². The molecule has 1 N–H and O–H groups in total. The van der Waals surface area contributed by atoms with Crippen molar-refractivity contribution in [1.29, 1.82) is 0 Å². The highest BCUT2D eigenvalue weighted by molar-refractivity contribution is 6.06. The van der Waals surface area contributed by atoms with Crippen LogP contribution in [0.5, 0.6) is 11.5 Å². The van der Waals surface area contributed by atoms with E-state index >= 15 is 0 Å². The van der Waals surface area contributed by atoms with Crippen molar-refractivity contribution in [3.63, 3.8) is 0 Å². The van der Waals surface area contributed by atoms with E-state index in [4.69, 9.17) is 9.15 Å². The van der Waals surface area contributed by atoms with Gasteiger partial charge >= 0.3 is 5.63 Å². The number of benzene rings is 1. The fourth-order valence-corrected chi connectivity index (χ4v) is 1.93. The Labute approximate surface area is 133 Å². The van der Waals surface area contributed by atoms with E-state index in [0.717, 1.165) is 11.3 Å². The topological polar surface area (TPSA) is 76.7 Å². The summed E-state index contributed by atoms with van der Waals surface area (Å²) in [5.41, 5.74) is -0.290. The largest absolute Gasteiger partial charge is 0.507 e. The van der Waals surface area contributed by atoms with Gasteiger partial charge in [0, 0.05) is 6.07 Å². The number of hydrogen-bond acceptors (Lipinski definition) is 5. The van der Waals surface area contributed by atoms with Crippen LogP contribution in [0.2, 0.25) is 0 Å². The predicted octanol–water partition coefficient (Wildman–Crippen LogP) is 3.11. The van der Waals surface area contributed by atoms with Crippen LogP contribution in [0.4, 0.5) is 0 Å². The number of aryl methyl sites for hydroxylation is 1. The first-order valence-electron chi connectivity index (χ1n) is 6.88. The highest BCUT2D eigenvalue weighted by Crippen LogP contribution is 2.15. The summed E-state index contributed by atoms with van der Waals surface area (Å²) in [6.45, 7) is 1.52. The summed E-state index contributed by atoms with van der Waals surface area (Å²) in [7, 11) is 1.59. The molecule has 118 valence electrons. The molecule has 0 radical (unpaired) electrons. The van der Waals surface area contributed by atoms with Gasteiger partial charge in [0.25, 0.3) is 0 Å². The molecule has 5 heteroatoms. The molecule has 0 saturated heterocycles. The van der Waals surface area contributed by atoms with Crippen molar-refractivity contribution in [2.24, 2.45) is 0 Å². The Kier molecular flexibility index (Phi) is 5.15. The maximum Gasteiger partial charge on any atom is 0.351 e. The van der Waals surface area contributed by atoms with E-state index < -0.39 is 11.4 Å². The number of rotatable bonds is 5. The molecule has 0 fully saturated rings. The van der Waals surface area contributed by atoms with E-state index in [-0.39, 0.29) is 17.1 Å². The van der Waals surface area contributed by atoms with E-state index in [1.807, 2.05) is 24.3 Å². The van der Waals surface area contributed by atoms with Crippen LogP contribution in [0, 0.1) is 6.92 Å². The van der Waals surface area contributed by atoms with Crippen molar-refractivity contribution in [1.82, 2.24) is 0 Å². The molecule has 0 spiro atoms. The summed E-state index contributed by atoms with van der Waals surface area (Å²) in [5, 5.41) is 9.68. The first kappa shape index (κ1) is 16.3. The number of ether oxygens (including phenoxy) is 1. The molecule has 1 aromatic carbocycles. The zero-order chi connectivity index (χ0) is 16.8. The summed E-state index contributed by atoms with van der Waals surface area (Å²) in [6, 6.07) is 8.61. The molecule has 0 saturated carbocycles. The minimum atomic E-state index is -0.851. The highest BCUT2D eigenvalue weighted by Gasteiger charge is 2.15. The lowest BCUT2D eigenvalue weighted by atomic mass is 10.1. The zero-order valence-corrected chi connectivity index (χ0v) is 12.8. The lowest BCUT2D eigenvalue weighted by molar-refractivity contribution is 0.104. The van der Waals surface area contributed by atoms with Crippen molar-refractivity contribution in [3.8, 4) is 11.5 Å². The van der Waals surface area contributed by atoms with E-state index in [1.165, 1.54) is 25.1 Å². The maximum atomic E-state index is 11.9. The molecule has 2 aromatic rings. The smallest absolute Gasteiger partial charge is 0.351 e. The molecule has 2 rings (SSSR count). The molecule has 0 unspecified atom stereocenters. The standard InChI is InChI=1S/C18H16O5/c1-12-11-16(20)17(18(21)23-12)15(19)6-4-3-5-13-7-9-14(22-2)10-8-13/h3-11,20H,1-2H3/b5-3+,6-4+. The highest BCUT2D eigenvalue weighted by atomic mass is 16.5. The molecular formula is C18H16O5. The van der Waals surface area contributed by atoms with Gasteiger partial charge in [-0.05, 0) is 30.7 Å². The first-order valence-corrected chi connectivity index (χ1v) is 6.88. The van der Waals surface area contributed by atoms with Crippen molar-refractivity contribution in [2.45, 2.75) is 6.92 Å². The van der Waals surface area contributed by atoms with Crippen LogP contribution in [0.1, 0.15) is 21.7 Å². The third-order valence-electron chi connectivity index (χ3n) is 3.06. The van der Waals surface area contributed by atoms with E-state index in [0.29, 0.717) is 0 Å². The lowest BCUT2D eigenvalue weighted by Crippen LogP contribution is -2.12. The molecular weight excluding hydrogens is 296 g/mol. The van der Waals surface area contributed by atoms with Gasteiger partial charge in [0.15, 0.2) is 5.78 Å².